The van der Waals surface area contributed by atoms with E-state index in [4.69, 9.17) is 4.74 Å². The van der Waals surface area contributed by atoms with Gasteiger partial charge in [0.15, 0.2) is 0 Å². The van der Waals surface area contributed by atoms with Crippen LogP contribution in [0, 0.1) is 0 Å². The third-order valence-electron chi connectivity index (χ3n) is 10.5. The molecule has 3 unspecified atom stereocenters. The molecule has 0 rings (SSSR count). The minimum absolute atomic E-state index is 0.0576. The number of hydrogen-bond acceptors (Lipinski definition) is 5. The van der Waals surface area contributed by atoms with E-state index in [9.17, 15) is 19.8 Å². The molecule has 57 heavy (non-hydrogen) atoms. The van der Waals surface area contributed by atoms with Crippen molar-refractivity contribution in [1.82, 2.24) is 5.32 Å². The summed E-state index contributed by atoms with van der Waals surface area (Å²) in [5.74, 6) is -0.529. The fraction of sp³-hybridized carbons (Fsp3) is 0.725. The van der Waals surface area contributed by atoms with Crippen LogP contribution < -0.4 is 5.32 Å². The second-order valence-corrected chi connectivity index (χ2v) is 15.9. The molecule has 0 radical (unpaired) electrons. The lowest BCUT2D eigenvalue weighted by Crippen LogP contribution is -2.46. The molecule has 0 aliphatic heterocycles. The van der Waals surface area contributed by atoms with Gasteiger partial charge < -0.3 is 20.3 Å². The molecule has 6 heteroatoms. The highest BCUT2D eigenvalue weighted by atomic mass is 16.5. The van der Waals surface area contributed by atoms with Gasteiger partial charge in [-0.3, -0.25) is 9.59 Å². The van der Waals surface area contributed by atoms with Crippen LogP contribution in [0.15, 0.2) is 72.9 Å². The van der Waals surface area contributed by atoms with Gasteiger partial charge in [-0.2, -0.15) is 0 Å². The van der Waals surface area contributed by atoms with Crippen LogP contribution in [0.25, 0.3) is 0 Å². The second kappa shape index (κ2) is 44.4. The van der Waals surface area contributed by atoms with Gasteiger partial charge >= 0.3 is 5.97 Å². The molecule has 3 atom stereocenters. The third kappa shape index (κ3) is 39.9. The quantitative estimate of drug-likeness (QED) is 0.0325. The molecular formula is C51H89NO5. The first-order chi connectivity index (χ1) is 28.0. The van der Waals surface area contributed by atoms with Crippen molar-refractivity contribution in [2.24, 2.45) is 0 Å². The van der Waals surface area contributed by atoms with Crippen LogP contribution in [0.4, 0.5) is 0 Å². The molecule has 6 nitrogen and oxygen atoms in total. The summed E-state index contributed by atoms with van der Waals surface area (Å²) in [5, 5.41) is 23.6. The van der Waals surface area contributed by atoms with Crippen molar-refractivity contribution in [3.63, 3.8) is 0 Å². The molecule has 0 bridgehead atoms. The molecule has 0 fully saturated rings. The Morgan fingerprint density at radius 1 is 0.526 bits per heavy atom. The summed E-state index contributed by atoms with van der Waals surface area (Å²) in [6.07, 6.45) is 55.3. The Kier molecular flexibility index (Phi) is 42.3. The fourth-order valence-electron chi connectivity index (χ4n) is 6.87. The number of amides is 1. The van der Waals surface area contributed by atoms with Crippen molar-refractivity contribution in [1.29, 1.82) is 0 Å². The van der Waals surface area contributed by atoms with Crippen molar-refractivity contribution < 1.29 is 24.5 Å². The van der Waals surface area contributed by atoms with E-state index in [1.807, 2.05) is 54.7 Å². The van der Waals surface area contributed by atoms with Crippen molar-refractivity contribution >= 4 is 11.9 Å². The van der Waals surface area contributed by atoms with Gasteiger partial charge in [-0.1, -0.05) is 229 Å². The predicted molar refractivity (Wildman–Crippen MR) is 245 cm³/mol. The molecule has 0 saturated heterocycles. The SMILES string of the molecule is CC\C=C/C=C/C=C/C=C\C=C\C=C\CCCCCC(=O)OC(CCCCCCCCCCC)CC(=O)NC(CO)C(O)CCCCCCCCCCCCCC. The van der Waals surface area contributed by atoms with Crippen molar-refractivity contribution in [3.05, 3.63) is 72.9 Å². The maximum atomic E-state index is 13.1. The molecule has 0 saturated carbocycles. The van der Waals surface area contributed by atoms with E-state index in [0.717, 1.165) is 70.6 Å². The highest BCUT2D eigenvalue weighted by Gasteiger charge is 2.24. The number of rotatable bonds is 41. The number of aliphatic hydroxyl groups excluding tert-OH is 2. The molecule has 0 aromatic rings. The number of carbonyl (C=O) groups is 2. The van der Waals surface area contributed by atoms with E-state index in [-0.39, 0.29) is 24.9 Å². The van der Waals surface area contributed by atoms with Gasteiger partial charge in [-0.25, -0.2) is 0 Å². The molecule has 0 aliphatic carbocycles. The molecular weight excluding hydrogens is 707 g/mol. The number of hydrogen-bond donors (Lipinski definition) is 3. The standard InChI is InChI=1S/C51H89NO5/c1-4-7-10-13-16-19-21-23-24-25-26-27-29-32-35-38-41-44-51(56)57-47(42-39-36-33-30-18-15-12-9-6-3)45-50(55)52-48(46-53)49(54)43-40-37-34-31-28-22-20-17-14-11-8-5-2/h7,10,13,16,19,21,23-27,29,47-49,53-54H,4-6,8-9,11-12,14-15,17-18,20,22,28,30-46H2,1-3H3,(H,52,55)/b10-7-,16-13+,21-19+,24-23-,26-25+,29-27+. The summed E-state index contributed by atoms with van der Waals surface area (Å²) in [6.45, 7) is 6.30. The molecule has 1 amide bonds. The van der Waals surface area contributed by atoms with Gasteiger partial charge in [0.25, 0.3) is 0 Å². The highest BCUT2D eigenvalue weighted by Crippen LogP contribution is 2.17. The van der Waals surface area contributed by atoms with Gasteiger partial charge in [0.2, 0.25) is 5.91 Å². The zero-order valence-electron chi connectivity index (χ0n) is 37.2. The van der Waals surface area contributed by atoms with E-state index < -0.39 is 18.2 Å². The zero-order chi connectivity index (χ0) is 41.7. The summed E-state index contributed by atoms with van der Waals surface area (Å²) in [4.78, 5) is 26.0. The summed E-state index contributed by atoms with van der Waals surface area (Å²) >= 11 is 0. The molecule has 0 aromatic carbocycles. The number of carbonyl (C=O) groups excluding carboxylic acids is 2. The lowest BCUT2D eigenvalue weighted by Gasteiger charge is -2.24. The number of ether oxygens (including phenoxy) is 1. The average molecular weight is 796 g/mol. The van der Waals surface area contributed by atoms with E-state index >= 15 is 0 Å². The monoisotopic (exact) mass is 796 g/mol. The Balaban J connectivity index is 4.61. The van der Waals surface area contributed by atoms with Gasteiger partial charge in [0, 0.05) is 6.42 Å². The fourth-order valence-corrected chi connectivity index (χ4v) is 6.87. The second-order valence-electron chi connectivity index (χ2n) is 15.9. The van der Waals surface area contributed by atoms with E-state index in [1.165, 1.54) is 96.3 Å². The van der Waals surface area contributed by atoms with Gasteiger partial charge in [-0.15, -0.1) is 0 Å². The largest absolute Gasteiger partial charge is 0.462 e. The first kappa shape index (κ1) is 54.3. The van der Waals surface area contributed by atoms with Crippen LogP contribution in [-0.4, -0.2) is 46.9 Å². The summed E-state index contributed by atoms with van der Waals surface area (Å²) in [5.41, 5.74) is 0. The smallest absolute Gasteiger partial charge is 0.306 e. The highest BCUT2D eigenvalue weighted by molar-refractivity contribution is 5.77. The van der Waals surface area contributed by atoms with Crippen molar-refractivity contribution in [3.8, 4) is 0 Å². The molecule has 3 N–H and O–H groups in total. The van der Waals surface area contributed by atoms with Crippen LogP contribution >= 0.6 is 0 Å². The Morgan fingerprint density at radius 3 is 1.42 bits per heavy atom. The lowest BCUT2D eigenvalue weighted by molar-refractivity contribution is -0.151. The molecule has 0 aromatic heterocycles. The minimum atomic E-state index is -0.795. The first-order valence-corrected chi connectivity index (χ1v) is 23.7. The minimum Gasteiger partial charge on any atom is -0.462 e. The average Bonchev–Trinajstić information content (AvgIpc) is 3.20. The molecule has 0 spiro atoms. The number of unbranched alkanes of at least 4 members (excludes halogenated alkanes) is 22. The third-order valence-corrected chi connectivity index (χ3v) is 10.5. The summed E-state index contributed by atoms with van der Waals surface area (Å²) in [7, 11) is 0. The number of nitrogens with one attached hydrogen (secondary N) is 1. The summed E-state index contributed by atoms with van der Waals surface area (Å²) < 4.78 is 5.88. The maximum absolute atomic E-state index is 13.1. The Labute approximate surface area is 351 Å². The molecule has 0 aliphatic rings. The van der Waals surface area contributed by atoms with Gasteiger partial charge in [0.1, 0.15) is 6.10 Å². The van der Waals surface area contributed by atoms with E-state index in [0.29, 0.717) is 19.3 Å². The van der Waals surface area contributed by atoms with E-state index in [2.05, 4.69) is 44.3 Å². The van der Waals surface area contributed by atoms with Crippen LogP contribution in [0.1, 0.15) is 213 Å². The van der Waals surface area contributed by atoms with Crippen LogP contribution in [0.3, 0.4) is 0 Å². The normalized spacial score (nSPS) is 14.0. The Hall–Kier alpha value is -2.70. The Bertz CT molecular complexity index is 1070. The van der Waals surface area contributed by atoms with Crippen LogP contribution in [0.2, 0.25) is 0 Å². The number of esters is 1. The zero-order valence-corrected chi connectivity index (χ0v) is 37.2. The van der Waals surface area contributed by atoms with Crippen LogP contribution in [-0.2, 0) is 14.3 Å². The first-order valence-electron chi connectivity index (χ1n) is 23.7. The van der Waals surface area contributed by atoms with Crippen molar-refractivity contribution in [2.75, 3.05) is 6.61 Å². The lowest BCUT2D eigenvalue weighted by atomic mass is 10.0. The number of allylic oxidation sites excluding steroid dienone is 12. The van der Waals surface area contributed by atoms with E-state index in [1.54, 1.807) is 0 Å². The van der Waals surface area contributed by atoms with Gasteiger partial charge in [-0.05, 0) is 44.9 Å². The predicted octanol–water partition coefficient (Wildman–Crippen LogP) is 13.8. The van der Waals surface area contributed by atoms with Crippen LogP contribution in [0.5, 0.6) is 0 Å². The topological polar surface area (TPSA) is 95.9 Å². The summed E-state index contributed by atoms with van der Waals surface area (Å²) in [6, 6.07) is -0.710. The Morgan fingerprint density at radius 2 is 0.947 bits per heavy atom. The van der Waals surface area contributed by atoms with Gasteiger partial charge in [0.05, 0.1) is 25.2 Å². The van der Waals surface area contributed by atoms with Crippen molar-refractivity contribution in [2.45, 2.75) is 232 Å². The molecule has 0 heterocycles. The molecule has 328 valence electrons. The number of aliphatic hydroxyl groups is 2. The maximum Gasteiger partial charge on any atom is 0.306 e.